The van der Waals surface area contributed by atoms with E-state index in [2.05, 4.69) is 29.6 Å². The number of likely N-dealkylation sites (tertiary alicyclic amines) is 1. The molecule has 1 saturated heterocycles. The molecule has 3 aliphatic rings. The third-order valence-corrected chi connectivity index (χ3v) is 8.14. The van der Waals surface area contributed by atoms with Crippen molar-refractivity contribution in [3.8, 4) is 11.1 Å². The minimum absolute atomic E-state index is 0.00593. The Morgan fingerprint density at radius 2 is 1.66 bits per heavy atom. The number of hydrogen-bond acceptors (Lipinski definition) is 4. The molecule has 0 unspecified atom stereocenters. The van der Waals surface area contributed by atoms with Crippen molar-refractivity contribution in [1.29, 1.82) is 0 Å². The van der Waals surface area contributed by atoms with E-state index >= 15 is 0 Å². The Morgan fingerprint density at radius 1 is 1.03 bits per heavy atom. The summed E-state index contributed by atoms with van der Waals surface area (Å²) in [6, 6.07) is 16.5. The van der Waals surface area contributed by atoms with E-state index < -0.39 is 17.5 Å². The molecule has 184 valence electrons. The number of aliphatic carboxylic acids is 1. The van der Waals surface area contributed by atoms with Gasteiger partial charge in [0.25, 0.3) is 0 Å². The maximum absolute atomic E-state index is 12.6. The Labute approximate surface area is 205 Å². The smallest absolute Gasteiger partial charge is 0.407 e. The second-order valence-corrected chi connectivity index (χ2v) is 10.2. The second kappa shape index (κ2) is 9.36. The lowest BCUT2D eigenvalue weighted by atomic mass is 9.77. The van der Waals surface area contributed by atoms with E-state index in [0.717, 1.165) is 19.3 Å². The lowest BCUT2D eigenvalue weighted by molar-refractivity contribution is -0.166. The molecule has 35 heavy (non-hydrogen) atoms. The molecule has 2 atom stereocenters. The summed E-state index contributed by atoms with van der Waals surface area (Å²) in [6.45, 7) is 2.73. The highest BCUT2D eigenvalue weighted by molar-refractivity contribution is 5.83. The van der Waals surface area contributed by atoms with Gasteiger partial charge >= 0.3 is 12.1 Å². The van der Waals surface area contributed by atoms with E-state index in [-0.39, 0.29) is 30.4 Å². The molecule has 1 aliphatic heterocycles. The topological polar surface area (TPSA) is 95.9 Å². The van der Waals surface area contributed by atoms with Gasteiger partial charge in [-0.05, 0) is 53.9 Å². The van der Waals surface area contributed by atoms with Crippen molar-refractivity contribution >= 4 is 18.0 Å². The van der Waals surface area contributed by atoms with Crippen LogP contribution in [-0.4, -0.2) is 53.7 Å². The number of fused-ring (bicyclic) bond motifs is 3. The number of nitrogens with zero attached hydrogens (tertiary/aromatic N) is 1. The molecule has 1 saturated carbocycles. The van der Waals surface area contributed by atoms with Crippen LogP contribution in [0.25, 0.3) is 11.1 Å². The molecule has 1 heterocycles. The van der Waals surface area contributed by atoms with Gasteiger partial charge < -0.3 is 20.1 Å². The highest BCUT2D eigenvalue weighted by atomic mass is 16.5. The lowest BCUT2D eigenvalue weighted by Crippen LogP contribution is -2.62. The molecule has 5 rings (SSSR count). The number of rotatable bonds is 7. The van der Waals surface area contributed by atoms with Gasteiger partial charge in [-0.3, -0.25) is 9.59 Å². The van der Waals surface area contributed by atoms with Crippen LogP contribution in [0.1, 0.15) is 56.1 Å². The molecule has 0 bridgehead atoms. The van der Waals surface area contributed by atoms with Crippen molar-refractivity contribution in [3.05, 3.63) is 59.7 Å². The van der Waals surface area contributed by atoms with Gasteiger partial charge in [0.1, 0.15) is 12.0 Å². The number of amides is 2. The molecule has 2 aromatic carbocycles. The zero-order valence-corrected chi connectivity index (χ0v) is 20.0. The minimum Gasteiger partial charge on any atom is -0.481 e. The normalized spacial score (nSPS) is 22.1. The third-order valence-electron chi connectivity index (χ3n) is 8.14. The van der Waals surface area contributed by atoms with Gasteiger partial charge in [0.05, 0.1) is 0 Å². The maximum Gasteiger partial charge on any atom is 0.407 e. The fraction of sp³-hybridized carbons (Fsp3) is 0.464. The van der Waals surface area contributed by atoms with E-state index in [1.165, 1.54) is 22.3 Å². The Hall–Kier alpha value is -3.35. The summed E-state index contributed by atoms with van der Waals surface area (Å²) >= 11 is 0. The monoisotopic (exact) mass is 476 g/mol. The number of carboxylic acid groups (broad SMARTS) is 1. The van der Waals surface area contributed by atoms with Crippen LogP contribution in [0.2, 0.25) is 0 Å². The predicted octanol–water partition coefficient (Wildman–Crippen LogP) is 4.41. The van der Waals surface area contributed by atoms with Crippen LogP contribution in [0.5, 0.6) is 0 Å². The highest BCUT2D eigenvalue weighted by Gasteiger charge is 2.50. The Balaban J connectivity index is 1.09. The molecule has 2 amide bonds. The quantitative estimate of drug-likeness (QED) is 0.617. The fourth-order valence-corrected chi connectivity index (χ4v) is 5.95. The summed E-state index contributed by atoms with van der Waals surface area (Å²) < 4.78 is 5.66. The molecule has 7 nitrogen and oxygen atoms in total. The van der Waals surface area contributed by atoms with E-state index in [4.69, 9.17) is 4.74 Å². The van der Waals surface area contributed by atoms with Crippen LogP contribution < -0.4 is 5.32 Å². The van der Waals surface area contributed by atoms with E-state index in [9.17, 15) is 19.5 Å². The first-order chi connectivity index (χ1) is 16.9. The van der Waals surface area contributed by atoms with Crippen LogP contribution in [0.15, 0.2) is 48.5 Å². The lowest BCUT2D eigenvalue weighted by Gasteiger charge is -2.47. The first kappa shape index (κ1) is 23.4. The zero-order chi connectivity index (χ0) is 24.6. The molecular weight excluding hydrogens is 444 g/mol. The highest BCUT2D eigenvalue weighted by Crippen LogP contribution is 2.44. The van der Waals surface area contributed by atoms with Crippen molar-refractivity contribution in [2.24, 2.45) is 11.3 Å². The number of nitrogens with one attached hydrogen (secondary N) is 1. The molecule has 0 aromatic heterocycles. The number of benzene rings is 2. The summed E-state index contributed by atoms with van der Waals surface area (Å²) in [5.74, 6) is -0.582. The van der Waals surface area contributed by atoms with Crippen molar-refractivity contribution in [2.75, 3.05) is 19.7 Å². The van der Waals surface area contributed by atoms with Crippen LogP contribution >= 0.6 is 0 Å². The molecule has 2 N–H and O–H groups in total. The van der Waals surface area contributed by atoms with Gasteiger partial charge in [0.2, 0.25) is 5.91 Å². The first-order valence-corrected chi connectivity index (χ1v) is 12.5. The average Bonchev–Trinajstić information content (AvgIpc) is 3.39. The average molecular weight is 477 g/mol. The van der Waals surface area contributed by atoms with E-state index in [1.54, 1.807) is 4.90 Å². The molecular formula is C28H32N2O5. The summed E-state index contributed by atoms with van der Waals surface area (Å²) in [4.78, 5) is 38.3. The van der Waals surface area contributed by atoms with Gasteiger partial charge in [-0.15, -0.1) is 0 Å². The summed E-state index contributed by atoms with van der Waals surface area (Å²) in [5, 5.41) is 12.4. The number of carboxylic acids is 1. The Kier molecular flexibility index (Phi) is 6.26. The van der Waals surface area contributed by atoms with Crippen LogP contribution in [-0.2, 0) is 14.3 Å². The number of carbonyl (C=O) groups is 3. The van der Waals surface area contributed by atoms with Crippen molar-refractivity contribution in [2.45, 2.75) is 51.0 Å². The predicted molar refractivity (Wildman–Crippen MR) is 131 cm³/mol. The summed E-state index contributed by atoms with van der Waals surface area (Å²) in [7, 11) is 0. The number of carbonyl (C=O) groups excluding carboxylic acids is 2. The first-order valence-electron chi connectivity index (χ1n) is 12.5. The standard InChI is InChI=1S/C28H32N2O5/c1-2-28(26(32)33)16-30(17-28)25(31)14-18-11-12-19(13-18)29-27(34)35-15-24-22-9-5-3-7-20(22)21-8-4-6-10-23(21)24/h3-10,18-19,24H,2,11-17H2,1H3,(H,29,34)(H,32,33)/t18-,19+/m1/s1. The molecule has 0 spiro atoms. The van der Waals surface area contributed by atoms with Crippen molar-refractivity contribution in [3.63, 3.8) is 0 Å². The van der Waals surface area contributed by atoms with Gasteiger partial charge in [-0.2, -0.15) is 0 Å². The fourth-order valence-electron chi connectivity index (χ4n) is 5.95. The maximum atomic E-state index is 12.6. The summed E-state index contributed by atoms with van der Waals surface area (Å²) in [5.41, 5.74) is 3.98. The second-order valence-electron chi connectivity index (χ2n) is 10.2. The summed E-state index contributed by atoms with van der Waals surface area (Å²) in [6.07, 6.45) is 2.94. The molecule has 2 aliphatic carbocycles. The van der Waals surface area contributed by atoms with Gasteiger partial charge in [0.15, 0.2) is 0 Å². The Bertz CT molecular complexity index is 1090. The largest absolute Gasteiger partial charge is 0.481 e. The van der Waals surface area contributed by atoms with E-state index in [1.807, 2.05) is 31.2 Å². The molecule has 7 heteroatoms. The zero-order valence-electron chi connectivity index (χ0n) is 20.0. The molecule has 0 radical (unpaired) electrons. The molecule has 2 aromatic rings. The van der Waals surface area contributed by atoms with Crippen molar-refractivity contribution in [1.82, 2.24) is 10.2 Å². The van der Waals surface area contributed by atoms with Crippen molar-refractivity contribution < 1.29 is 24.2 Å². The number of alkyl carbamates (subject to hydrolysis) is 1. The third kappa shape index (κ3) is 4.40. The van der Waals surface area contributed by atoms with Gasteiger partial charge in [0, 0.05) is 31.5 Å². The minimum atomic E-state index is -0.822. The SMILES string of the molecule is CCC1(C(=O)O)CN(C(=O)C[C@@H]2CC[C@H](NC(=O)OCC3c4ccccc4-c4ccccc43)C2)C1. The molecule has 2 fully saturated rings. The van der Waals surface area contributed by atoms with E-state index in [0.29, 0.717) is 25.9 Å². The Morgan fingerprint density at radius 3 is 2.26 bits per heavy atom. The number of hydrogen-bond donors (Lipinski definition) is 2. The van der Waals surface area contributed by atoms with Gasteiger partial charge in [-0.1, -0.05) is 55.5 Å². The van der Waals surface area contributed by atoms with Crippen LogP contribution in [0.4, 0.5) is 4.79 Å². The number of ether oxygens (including phenoxy) is 1. The van der Waals surface area contributed by atoms with Crippen LogP contribution in [0, 0.1) is 11.3 Å². The van der Waals surface area contributed by atoms with Crippen LogP contribution in [0.3, 0.4) is 0 Å². The van der Waals surface area contributed by atoms with Gasteiger partial charge in [-0.25, -0.2) is 4.79 Å².